The number of fused-ring (bicyclic) bond motifs is 3. The molecule has 0 N–H and O–H groups in total. The Morgan fingerprint density at radius 2 is 1.38 bits per heavy atom. The van der Waals surface area contributed by atoms with Crippen molar-refractivity contribution < 1.29 is 23.0 Å². The summed E-state index contributed by atoms with van der Waals surface area (Å²) in [6.07, 6.45) is 3.78. The van der Waals surface area contributed by atoms with Gasteiger partial charge in [-0.2, -0.15) is 0 Å². The highest BCUT2D eigenvalue weighted by molar-refractivity contribution is 6.06. The zero-order chi connectivity index (χ0) is 23.7. The second-order valence-corrected chi connectivity index (χ2v) is 7.69. The molecule has 0 unspecified atom stereocenters. The first kappa shape index (κ1) is 21.4. The Morgan fingerprint density at radius 3 is 2.06 bits per heavy atom. The third kappa shape index (κ3) is 4.01. The van der Waals surface area contributed by atoms with E-state index in [-0.39, 0.29) is 0 Å². The molecule has 0 aliphatic rings. The van der Waals surface area contributed by atoms with Gasteiger partial charge in [-0.25, -0.2) is 4.79 Å². The average Bonchev–Trinajstić information content (AvgIpc) is 3.32. The normalized spacial score (nSPS) is 11.4. The van der Waals surface area contributed by atoms with Gasteiger partial charge in [0.2, 0.25) is 0 Å². The monoisotopic (exact) mass is 454 g/mol. The maximum absolute atomic E-state index is 12.4. The standard InChI is InChI=1S/C28H22O6/c1-30-20-8-6-18(7-9-20)26-16-24-25(33-26)11-10-23-19(14-27(29)34-28(23)24)5-4-17-12-21(31-2)15-22(13-17)32-3/h4-16H,1-3H3/b5-4+. The van der Waals surface area contributed by atoms with Crippen LogP contribution in [0.4, 0.5) is 0 Å². The summed E-state index contributed by atoms with van der Waals surface area (Å²) in [5.41, 5.74) is 3.20. The van der Waals surface area contributed by atoms with Crippen LogP contribution in [0.5, 0.6) is 17.2 Å². The molecular formula is C28H22O6. The Hall–Kier alpha value is -4.45. The fourth-order valence-electron chi connectivity index (χ4n) is 3.91. The van der Waals surface area contributed by atoms with Crippen LogP contribution >= 0.6 is 0 Å². The minimum atomic E-state index is -0.435. The van der Waals surface area contributed by atoms with Gasteiger partial charge in [-0.3, -0.25) is 0 Å². The van der Waals surface area contributed by atoms with Gasteiger partial charge in [0.05, 0.1) is 26.7 Å². The van der Waals surface area contributed by atoms with E-state index in [1.54, 1.807) is 27.4 Å². The smallest absolute Gasteiger partial charge is 0.336 e. The van der Waals surface area contributed by atoms with Crippen LogP contribution in [0.2, 0.25) is 0 Å². The molecule has 0 atom stereocenters. The SMILES string of the molecule is COc1ccc(-c2cc3c(ccc4c(/C=C/c5cc(OC)cc(OC)c5)cc(=O)oc43)o2)cc1. The number of furan rings is 1. The molecular weight excluding hydrogens is 432 g/mol. The molecule has 0 bridgehead atoms. The summed E-state index contributed by atoms with van der Waals surface area (Å²) in [7, 11) is 4.84. The molecule has 3 aromatic carbocycles. The molecule has 0 spiro atoms. The van der Waals surface area contributed by atoms with Crippen molar-refractivity contribution in [2.75, 3.05) is 21.3 Å². The highest BCUT2D eigenvalue weighted by Gasteiger charge is 2.13. The molecule has 5 rings (SSSR count). The maximum atomic E-state index is 12.4. The summed E-state index contributed by atoms with van der Waals surface area (Å²) < 4.78 is 27.6. The second-order valence-electron chi connectivity index (χ2n) is 7.69. The van der Waals surface area contributed by atoms with Crippen LogP contribution in [-0.4, -0.2) is 21.3 Å². The molecule has 0 saturated carbocycles. The van der Waals surface area contributed by atoms with E-state index < -0.39 is 5.63 Å². The first-order valence-electron chi connectivity index (χ1n) is 10.6. The van der Waals surface area contributed by atoms with Gasteiger partial charge in [0.15, 0.2) is 0 Å². The molecule has 5 aromatic rings. The lowest BCUT2D eigenvalue weighted by atomic mass is 10.1. The Morgan fingerprint density at radius 1 is 0.676 bits per heavy atom. The number of benzene rings is 3. The van der Waals surface area contributed by atoms with E-state index in [9.17, 15) is 4.79 Å². The largest absolute Gasteiger partial charge is 0.497 e. The molecule has 6 heteroatoms. The zero-order valence-corrected chi connectivity index (χ0v) is 19.0. The Labute approximate surface area is 195 Å². The van der Waals surface area contributed by atoms with Gasteiger partial charge in [-0.05, 0) is 65.7 Å². The van der Waals surface area contributed by atoms with Crippen molar-refractivity contribution in [2.45, 2.75) is 0 Å². The molecule has 0 radical (unpaired) electrons. The predicted octanol–water partition coefficient (Wildman–Crippen LogP) is 6.40. The van der Waals surface area contributed by atoms with Gasteiger partial charge in [0.25, 0.3) is 0 Å². The molecule has 0 saturated heterocycles. The van der Waals surface area contributed by atoms with Crippen LogP contribution in [0.1, 0.15) is 11.1 Å². The van der Waals surface area contributed by atoms with Gasteiger partial charge < -0.3 is 23.0 Å². The first-order valence-corrected chi connectivity index (χ1v) is 10.6. The molecule has 170 valence electrons. The fourth-order valence-corrected chi connectivity index (χ4v) is 3.91. The molecule has 0 fully saturated rings. The number of rotatable bonds is 6. The van der Waals surface area contributed by atoms with E-state index in [2.05, 4.69) is 0 Å². The quantitative estimate of drug-likeness (QED) is 0.276. The van der Waals surface area contributed by atoms with Crippen LogP contribution < -0.4 is 19.8 Å². The summed E-state index contributed by atoms with van der Waals surface area (Å²) in [6, 6.07) is 20.3. The lowest BCUT2D eigenvalue weighted by molar-refractivity contribution is 0.394. The summed E-state index contributed by atoms with van der Waals surface area (Å²) in [5, 5.41) is 1.54. The van der Waals surface area contributed by atoms with Crippen LogP contribution in [0.25, 0.3) is 45.4 Å². The number of methoxy groups -OCH3 is 3. The first-order chi connectivity index (χ1) is 16.6. The number of hydrogen-bond acceptors (Lipinski definition) is 6. The molecule has 0 amide bonds. The highest BCUT2D eigenvalue weighted by atomic mass is 16.5. The molecule has 2 aromatic heterocycles. The van der Waals surface area contributed by atoms with Crippen LogP contribution in [0, 0.1) is 0 Å². The lowest BCUT2D eigenvalue weighted by Gasteiger charge is -2.06. The topological polar surface area (TPSA) is 71.0 Å². The number of ether oxygens (including phenoxy) is 3. The van der Waals surface area contributed by atoms with Gasteiger partial charge in [-0.1, -0.05) is 12.2 Å². The lowest BCUT2D eigenvalue weighted by Crippen LogP contribution is -1.98. The molecule has 0 aliphatic heterocycles. The fraction of sp³-hybridized carbons (Fsp3) is 0.107. The van der Waals surface area contributed by atoms with Crippen molar-refractivity contribution >= 4 is 34.1 Å². The third-order valence-corrected chi connectivity index (χ3v) is 5.64. The Balaban J connectivity index is 1.60. The molecule has 6 nitrogen and oxygen atoms in total. The van der Waals surface area contributed by atoms with Gasteiger partial charge >= 0.3 is 5.63 Å². The van der Waals surface area contributed by atoms with Crippen LogP contribution in [-0.2, 0) is 0 Å². The maximum Gasteiger partial charge on any atom is 0.336 e. The van der Waals surface area contributed by atoms with Crippen molar-refractivity contribution in [1.29, 1.82) is 0 Å². The van der Waals surface area contributed by atoms with E-state index in [4.69, 9.17) is 23.0 Å². The molecule has 2 heterocycles. The van der Waals surface area contributed by atoms with E-state index in [1.165, 1.54) is 6.07 Å². The van der Waals surface area contributed by atoms with E-state index in [1.807, 2.05) is 66.7 Å². The van der Waals surface area contributed by atoms with Crippen molar-refractivity contribution in [3.63, 3.8) is 0 Å². The van der Waals surface area contributed by atoms with Gasteiger partial charge in [0, 0.05) is 23.1 Å². The van der Waals surface area contributed by atoms with Gasteiger partial charge in [-0.15, -0.1) is 0 Å². The summed E-state index contributed by atoms with van der Waals surface area (Å²) in [5.74, 6) is 2.81. The van der Waals surface area contributed by atoms with Crippen molar-refractivity contribution in [3.05, 3.63) is 88.3 Å². The Bertz CT molecular complexity index is 1550. The van der Waals surface area contributed by atoms with Crippen molar-refractivity contribution in [2.24, 2.45) is 0 Å². The average molecular weight is 454 g/mol. The highest BCUT2D eigenvalue weighted by Crippen LogP contribution is 2.34. The van der Waals surface area contributed by atoms with Crippen LogP contribution in [0.3, 0.4) is 0 Å². The van der Waals surface area contributed by atoms with Crippen molar-refractivity contribution in [3.8, 4) is 28.6 Å². The van der Waals surface area contributed by atoms with E-state index >= 15 is 0 Å². The third-order valence-electron chi connectivity index (χ3n) is 5.64. The second kappa shape index (κ2) is 8.83. The zero-order valence-electron chi connectivity index (χ0n) is 19.0. The minimum absolute atomic E-state index is 0.435. The van der Waals surface area contributed by atoms with E-state index in [0.29, 0.717) is 28.4 Å². The minimum Gasteiger partial charge on any atom is -0.497 e. The number of hydrogen-bond donors (Lipinski definition) is 0. The van der Waals surface area contributed by atoms with Gasteiger partial charge in [0.1, 0.15) is 34.2 Å². The van der Waals surface area contributed by atoms with Crippen LogP contribution in [0.15, 0.2) is 80.4 Å². The summed E-state index contributed by atoms with van der Waals surface area (Å²) in [4.78, 5) is 12.4. The van der Waals surface area contributed by atoms with E-state index in [0.717, 1.165) is 33.2 Å². The molecule has 34 heavy (non-hydrogen) atoms. The van der Waals surface area contributed by atoms with Crippen molar-refractivity contribution in [1.82, 2.24) is 0 Å². The summed E-state index contributed by atoms with van der Waals surface area (Å²) >= 11 is 0. The molecule has 0 aliphatic carbocycles. The summed E-state index contributed by atoms with van der Waals surface area (Å²) in [6.45, 7) is 0. The Kier molecular flexibility index (Phi) is 5.55. The predicted molar refractivity (Wildman–Crippen MR) is 133 cm³/mol.